The first-order chi connectivity index (χ1) is 8.58. The molecule has 1 saturated heterocycles. The molecule has 1 aromatic rings. The molecule has 6 heteroatoms. The van der Waals surface area contributed by atoms with Crippen LogP contribution in [0.5, 0.6) is 5.75 Å². The number of carboxylic acid groups (broad SMARTS) is 1. The number of nitrogens with zero attached hydrogens (tertiary/aromatic N) is 2. The Morgan fingerprint density at radius 3 is 2.06 bits per heavy atom. The van der Waals surface area contributed by atoms with Crippen LogP contribution in [0.15, 0.2) is 24.3 Å². The predicted octanol–water partition coefficient (Wildman–Crippen LogP) is 0.125. The predicted molar refractivity (Wildman–Crippen MR) is 64.5 cm³/mol. The lowest BCUT2D eigenvalue weighted by Crippen LogP contribution is -2.50. The van der Waals surface area contributed by atoms with Crippen LogP contribution in [-0.2, 0) is 9.59 Å². The van der Waals surface area contributed by atoms with Gasteiger partial charge in [0.05, 0.1) is 0 Å². The molecule has 0 bridgehead atoms. The molecule has 2 N–H and O–H groups in total. The molecule has 6 nitrogen and oxygen atoms in total. The Kier molecular flexibility index (Phi) is 3.36. The molecule has 1 aliphatic heterocycles. The lowest BCUT2D eigenvalue weighted by atomic mass is 10.2. The van der Waals surface area contributed by atoms with Gasteiger partial charge in [-0.1, -0.05) is 0 Å². The van der Waals surface area contributed by atoms with E-state index in [1.807, 2.05) is 4.90 Å². The average molecular weight is 250 g/mol. The van der Waals surface area contributed by atoms with Crippen molar-refractivity contribution in [2.75, 3.05) is 31.1 Å². The lowest BCUT2D eigenvalue weighted by molar-refractivity contribution is -0.156. The normalized spacial score (nSPS) is 15.6. The molecular formula is C12H14N2O4. The van der Waals surface area contributed by atoms with E-state index in [0.717, 1.165) is 5.69 Å². The molecule has 2 rings (SSSR count). The summed E-state index contributed by atoms with van der Waals surface area (Å²) in [5, 5.41) is 17.8. The van der Waals surface area contributed by atoms with E-state index in [0.29, 0.717) is 26.2 Å². The number of hydrogen-bond acceptors (Lipinski definition) is 4. The number of aliphatic carboxylic acids is 1. The van der Waals surface area contributed by atoms with E-state index in [-0.39, 0.29) is 5.75 Å². The smallest absolute Gasteiger partial charge is 0.394 e. The van der Waals surface area contributed by atoms with Crippen molar-refractivity contribution < 1.29 is 19.8 Å². The van der Waals surface area contributed by atoms with Crippen molar-refractivity contribution in [3.63, 3.8) is 0 Å². The van der Waals surface area contributed by atoms with Gasteiger partial charge in [-0.3, -0.25) is 4.79 Å². The summed E-state index contributed by atoms with van der Waals surface area (Å²) >= 11 is 0. The molecule has 0 aromatic heterocycles. The summed E-state index contributed by atoms with van der Waals surface area (Å²) in [6, 6.07) is 6.79. The minimum absolute atomic E-state index is 0.207. The number of phenolic OH excluding ortho intramolecular Hbond substituents is 1. The van der Waals surface area contributed by atoms with Gasteiger partial charge < -0.3 is 20.0 Å². The van der Waals surface area contributed by atoms with Crippen molar-refractivity contribution in [3.05, 3.63) is 24.3 Å². The molecule has 1 fully saturated rings. The Morgan fingerprint density at radius 1 is 1.00 bits per heavy atom. The second-order valence-electron chi connectivity index (χ2n) is 4.10. The number of amides is 1. The summed E-state index contributed by atoms with van der Waals surface area (Å²) in [6.45, 7) is 1.96. The highest BCUT2D eigenvalue weighted by Gasteiger charge is 2.25. The van der Waals surface area contributed by atoms with Gasteiger partial charge in [0.1, 0.15) is 5.75 Å². The molecule has 18 heavy (non-hydrogen) atoms. The van der Waals surface area contributed by atoms with E-state index in [4.69, 9.17) is 5.11 Å². The van der Waals surface area contributed by atoms with Crippen LogP contribution < -0.4 is 4.90 Å². The minimum Gasteiger partial charge on any atom is -0.508 e. The Hall–Kier alpha value is -2.24. The minimum atomic E-state index is -1.41. The van der Waals surface area contributed by atoms with Crippen molar-refractivity contribution in [1.29, 1.82) is 0 Å². The SMILES string of the molecule is O=C(O)C(=O)N1CCN(c2ccc(O)cc2)CC1. The van der Waals surface area contributed by atoms with E-state index >= 15 is 0 Å². The van der Waals surface area contributed by atoms with E-state index in [2.05, 4.69) is 0 Å². The fraction of sp³-hybridized carbons (Fsp3) is 0.333. The van der Waals surface area contributed by atoms with Gasteiger partial charge in [0, 0.05) is 31.9 Å². The number of benzene rings is 1. The summed E-state index contributed by atoms with van der Waals surface area (Å²) in [7, 11) is 0. The second-order valence-corrected chi connectivity index (χ2v) is 4.10. The lowest BCUT2D eigenvalue weighted by Gasteiger charge is -2.35. The van der Waals surface area contributed by atoms with Gasteiger partial charge in [0.2, 0.25) is 0 Å². The zero-order chi connectivity index (χ0) is 13.1. The molecule has 1 aromatic carbocycles. The van der Waals surface area contributed by atoms with Crippen LogP contribution in [-0.4, -0.2) is 53.2 Å². The standard InChI is InChI=1S/C12H14N2O4/c15-10-3-1-9(2-4-10)13-5-7-14(8-6-13)11(16)12(17)18/h1-4,15H,5-8H2,(H,17,18). The molecule has 1 heterocycles. The number of phenols is 1. The number of carboxylic acids is 1. The third-order valence-corrected chi connectivity index (χ3v) is 2.96. The molecule has 0 spiro atoms. The number of piperazine rings is 1. The monoisotopic (exact) mass is 250 g/mol. The molecule has 0 aliphatic carbocycles. The summed E-state index contributed by atoms with van der Waals surface area (Å²) in [5.41, 5.74) is 0.954. The van der Waals surface area contributed by atoms with Crippen molar-refractivity contribution in [3.8, 4) is 5.75 Å². The highest BCUT2D eigenvalue weighted by atomic mass is 16.4. The molecule has 0 unspecified atom stereocenters. The maximum atomic E-state index is 11.3. The van der Waals surface area contributed by atoms with Gasteiger partial charge in [-0.15, -0.1) is 0 Å². The zero-order valence-corrected chi connectivity index (χ0v) is 9.74. The Morgan fingerprint density at radius 2 is 1.56 bits per heavy atom. The highest BCUT2D eigenvalue weighted by Crippen LogP contribution is 2.19. The third kappa shape index (κ3) is 2.53. The molecule has 96 valence electrons. The van der Waals surface area contributed by atoms with Crippen molar-refractivity contribution in [1.82, 2.24) is 4.90 Å². The fourth-order valence-electron chi connectivity index (χ4n) is 1.97. The van der Waals surface area contributed by atoms with E-state index < -0.39 is 11.9 Å². The summed E-state index contributed by atoms with van der Waals surface area (Å²) < 4.78 is 0. The van der Waals surface area contributed by atoms with Crippen LogP contribution in [0.4, 0.5) is 5.69 Å². The Bertz CT molecular complexity index is 450. The van der Waals surface area contributed by atoms with Crippen molar-refractivity contribution >= 4 is 17.6 Å². The van der Waals surface area contributed by atoms with Gasteiger partial charge in [0.25, 0.3) is 0 Å². The number of aromatic hydroxyl groups is 1. The maximum Gasteiger partial charge on any atom is 0.394 e. The quantitative estimate of drug-likeness (QED) is 0.692. The zero-order valence-electron chi connectivity index (χ0n) is 9.74. The van der Waals surface area contributed by atoms with Gasteiger partial charge in [-0.2, -0.15) is 0 Å². The van der Waals surface area contributed by atoms with Gasteiger partial charge in [-0.25, -0.2) is 4.79 Å². The van der Waals surface area contributed by atoms with E-state index in [1.165, 1.54) is 4.90 Å². The maximum absolute atomic E-state index is 11.3. The summed E-state index contributed by atoms with van der Waals surface area (Å²) in [5.74, 6) is -2.05. The molecule has 0 atom stereocenters. The first kappa shape index (κ1) is 12.2. The third-order valence-electron chi connectivity index (χ3n) is 2.96. The van der Waals surface area contributed by atoms with Crippen LogP contribution in [0.1, 0.15) is 0 Å². The van der Waals surface area contributed by atoms with Crippen molar-refractivity contribution in [2.24, 2.45) is 0 Å². The van der Waals surface area contributed by atoms with Crippen LogP contribution in [0.25, 0.3) is 0 Å². The molecular weight excluding hydrogens is 236 g/mol. The average Bonchev–Trinajstić information content (AvgIpc) is 2.39. The van der Waals surface area contributed by atoms with Gasteiger partial charge >= 0.3 is 11.9 Å². The Labute approximate surface area is 104 Å². The first-order valence-electron chi connectivity index (χ1n) is 5.64. The first-order valence-corrected chi connectivity index (χ1v) is 5.64. The van der Waals surface area contributed by atoms with Crippen LogP contribution >= 0.6 is 0 Å². The molecule has 1 amide bonds. The number of rotatable bonds is 1. The van der Waals surface area contributed by atoms with Crippen LogP contribution in [0.2, 0.25) is 0 Å². The van der Waals surface area contributed by atoms with Gasteiger partial charge in [0.15, 0.2) is 0 Å². The fourth-order valence-corrected chi connectivity index (χ4v) is 1.97. The van der Waals surface area contributed by atoms with E-state index in [1.54, 1.807) is 24.3 Å². The second kappa shape index (κ2) is 4.95. The van der Waals surface area contributed by atoms with Crippen LogP contribution in [0.3, 0.4) is 0 Å². The molecule has 1 aliphatic rings. The Balaban J connectivity index is 1.96. The van der Waals surface area contributed by atoms with E-state index in [9.17, 15) is 14.7 Å². The van der Waals surface area contributed by atoms with Crippen LogP contribution in [0, 0.1) is 0 Å². The van der Waals surface area contributed by atoms with Crippen molar-refractivity contribution in [2.45, 2.75) is 0 Å². The summed E-state index contributed by atoms with van der Waals surface area (Å²) in [6.07, 6.45) is 0. The topological polar surface area (TPSA) is 81.1 Å². The largest absolute Gasteiger partial charge is 0.508 e. The highest BCUT2D eigenvalue weighted by molar-refractivity contribution is 6.31. The number of carbonyl (C=O) groups excluding carboxylic acids is 1. The summed E-state index contributed by atoms with van der Waals surface area (Å²) in [4.78, 5) is 25.2. The number of carbonyl (C=O) groups is 2. The van der Waals surface area contributed by atoms with Gasteiger partial charge in [-0.05, 0) is 24.3 Å². The number of anilines is 1. The molecule has 0 radical (unpaired) electrons. The molecule has 0 saturated carbocycles. The number of hydrogen-bond donors (Lipinski definition) is 2.